The molecule has 2 N–H and O–H groups in total. The van der Waals surface area contributed by atoms with E-state index in [-0.39, 0.29) is 36.0 Å². The molecule has 1 aromatic rings. The summed E-state index contributed by atoms with van der Waals surface area (Å²) in [6.07, 6.45) is 1.79. The Kier molecular flexibility index (Phi) is 8.78. The van der Waals surface area contributed by atoms with E-state index >= 15 is 0 Å². The number of hydrogen-bond acceptors (Lipinski definition) is 4. The van der Waals surface area contributed by atoms with Gasteiger partial charge in [0, 0.05) is 51.9 Å². The zero-order valence-corrected chi connectivity index (χ0v) is 18.4. The maximum Gasteiger partial charge on any atom is 0.227 e. The van der Waals surface area contributed by atoms with Crippen molar-refractivity contribution in [3.8, 4) is 0 Å². The Morgan fingerprint density at radius 1 is 1.26 bits per heavy atom. The third-order valence-corrected chi connectivity index (χ3v) is 4.84. The fraction of sp³-hybridized carbons (Fsp3) is 0.579. The fourth-order valence-corrected chi connectivity index (χ4v) is 3.32. The molecule has 150 valence electrons. The molecule has 2 heterocycles. The van der Waals surface area contributed by atoms with Gasteiger partial charge in [-0.15, -0.1) is 24.0 Å². The van der Waals surface area contributed by atoms with Crippen molar-refractivity contribution >= 4 is 41.5 Å². The van der Waals surface area contributed by atoms with E-state index in [1.807, 2.05) is 17.0 Å². The van der Waals surface area contributed by atoms with E-state index in [0.717, 1.165) is 56.4 Å². The molecule has 2 saturated heterocycles. The van der Waals surface area contributed by atoms with Gasteiger partial charge in [-0.25, -0.2) is 0 Å². The van der Waals surface area contributed by atoms with Crippen LogP contribution >= 0.6 is 24.0 Å². The van der Waals surface area contributed by atoms with Crippen LogP contribution < -0.4 is 15.5 Å². The van der Waals surface area contributed by atoms with Crippen LogP contribution in [0.25, 0.3) is 0 Å². The second kappa shape index (κ2) is 10.8. The van der Waals surface area contributed by atoms with E-state index in [1.54, 1.807) is 7.05 Å². The molecular weight excluding hydrogens is 457 g/mol. The Balaban J connectivity index is 0.00000261. The molecule has 2 aliphatic heterocycles. The number of carbonyl (C=O) groups excluding carboxylic acids is 1. The number of aliphatic imine (C=N–C) groups is 1. The molecule has 2 aliphatic rings. The number of morpholine rings is 1. The van der Waals surface area contributed by atoms with E-state index < -0.39 is 0 Å². The minimum absolute atomic E-state index is 0. The largest absolute Gasteiger partial charge is 0.374 e. The topological polar surface area (TPSA) is 69.2 Å². The molecule has 0 aliphatic carbocycles. The van der Waals surface area contributed by atoms with Gasteiger partial charge >= 0.3 is 0 Å². The summed E-state index contributed by atoms with van der Waals surface area (Å²) < 4.78 is 5.76. The third-order valence-electron chi connectivity index (χ3n) is 4.84. The molecule has 1 atom stereocenters. The summed E-state index contributed by atoms with van der Waals surface area (Å²) in [5.74, 6) is 0.983. The first-order valence-electron chi connectivity index (χ1n) is 9.29. The zero-order chi connectivity index (χ0) is 18.4. The fourth-order valence-electron chi connectivity index (χ4n) is 3.32. The molecule has 0 bridgehead atoms. The number of guanidine groups is 1. The number of carbonyl (C=O) groups is 1. The van der Waals surface area contributed by atoms with Crippen molar-refractivity contribution in [1.29, 1.82) is 0 Å². The first-order valence-corrected chi connectivity index (χ1v) is 9.29. The molecule has 2 fully saturated rings. The van der Waals surface area contributed by atoms with Crippen molar-refractivity contribution in [2.24, 2.45) is 4.99 Å². The summed E-state index contributed by atoms with van der Waals surface area (Å²) in [7, 11) is 3.88. The number of nitrogens with one attached hydrogen (secondary N) is 2. The molecule has 0 spiro atoms. The summed E-state index contributed by atoms with van der Waals surface area (Å²) in [6.45, 7) is 4.94. The van der Waals surface area contributed by atoms with Crippen molar-refractivity contribution in [2.75, 3.05) is 51.8 Å². The lowest BCUT2D eigenvalue weighted by atomic mass is 10.2. The van der Waals surface area contributed by atoms with Gasteiger partial charge < -0.3 is 25.2 Å². The summed E-state index contributed by atoms with van der Waals surface area (Å²) in [6, 6.07) is 8.14. The first-order chi connectivity index (χ1) is 12.7. The Hall–Kier alpha value is -1.39. The van der Waals surface area contributed by atoms with Crippen LogP contribution in [0.15, 0.2) is 29.3 Å². The Labute approximate surface area is 178 Å². The monoisotopic (exact) mass is 487 g/mol. The maximum atomic E-state index is 11.8. The molecule has 8 heteroatoms. The van der Waals surface area contributed by atoms with Gasteiger partial charge in [0.05, 0.1) is 12.7 Å². The second-order valence-corrected chi connectivity index (χ2v) is 6.88. The summed E-state index contributed by atoms with van der Waals surface area (Å²) in [4.78, 5) is 20.2. The highest BCUT2D eigenvalue weighted by molar-refractivity contribution is 14.0. The van der Waals surface area contributed by atoms with Crippen molar-refractivity contribution in [1.82, 2.24) is 15.5 Å². The summed E-state index contributed by atoms with van der Waals surface area (Å²) in [5, 5.41) is 6.65. The number of ether oxygens (including phenoxy) is 1. The third kappa shape index (κ3) is 6.32. The average molecular weight is 487 g/mol. The number of rotatable bonds is 5. The smallest absolute Gasteiger partial charge is 0.227 e. The Morgan fingerprint density at radius 2 is 2.04 bits per heavy atom. The maximum absolute atomic E-state index is 11.8. The number of halogens is 1. The highest BCUT2D eigenvalue weighted by atomic mass is 127. The Morgan fingerprint density at radius 3 is 2.67 bits per heavy atom. The predicted molar refractivity (Wildman–Crippen MR) is 119 cm³/mol. The summed E-state index contributed by atoms with van der Waals surface area (Å²) >= 11 is 0. The lowest BCUT2D eigenvalue weighted by molar-refractivity contribution is -0.117. The van der Waals surface area contributed by atoms with Crippen LogP contribution in [-0.2, 0) is 16.1 Å². The van der Waals surface area contributed by atoms with Crippen molar-refractivity contribution in [3.05, 3.63) is 29.8 Å². The van der Waals surface area contributed by atoms with E-state index in [4.69, 9.17) is 4.74 Å². The SMILES string of the molecule is CN=C(NCc1ccc(N2CCCC2=O)cc1)NCC1CN(C)CCO1.I. The number of hydrogen-bond donors (Lipinski definition) is 2. The van der Waals surface area contributed by atoms with Gasteiger partial charge in [0.25, 0.3) is 0 Å². The molecule has 1 unspecified atom stereocenters. The first kappa shape index (κ1) is 21.9. The highest BCUT2D eigenvalue weighted by Crippen LogP contribution is 2.21. The van der Waals surface area contributed by atoms with Gasteiger partial charge in [0.1, 0.15) is 0 Å². The van der Waals surface area contributed by atoms with Crippen LogP contribution in [0, 0.1) is 0 Å². The Bertz CT molecular complexity index is 637. The van der Waals surface area contributed by atoms with Crippen LogP contribution in [0.4, 0.5) is 5.69 Å². The minimum atomic E-state index is 0. The van der Waals surface area contributed by atoms with Crippen LogP contribution in [-0.4, -0.2) is 69.8 Å². The van der Waals surface area contributed by atoms with E-state index in [1.165, 1.54) is 0 Å². The van der Waals surface area contributed by atoms with E-state index in [0.29, 0.717) is 13.0 Å². The van der Waals surface area contributed by atoms with E-state index in [9.17, 15) is 4.79 Å². The molecule has 0 aromatic heterocycles. The van der Waals surface area contributed by atoms with Crippen LogP contribution in [0.1, 0.15) is 18.4 Å². The molecule has 0 radical (unpaired) electrons. The van der Waals surface area contributed by atoms with Gasteiger partial charge in [0.15, 0.2) is 5.96 Å². The van der Waals surface area contributed by atoms with Crippen molar-refractivity contribution in [2.45, 2.75) is 25.5 Å². The number of benzene rings is 1. The molecule has 1 aromatic carbocycles. The van der Waals surface area contributed by atoms with Gasteiger partial charge in [-0.1, -0.05) is 12.1 Å². The van der Waals surface area contributed by atoms with Gasteiger partial charge in [-0.3, -0.25) is 9.79 Å². The van der Waals surface area contributed by atoms with Gasteiger partial charge in [-0.05, 0) is 31.2 Å². The number of likely N-dealkylation sites (N-methyl/N-ethyl adjacent to an activating group) is 1. The lowest BCUT2D eigenvalue weighted by Gasteiger charge is -2.30. The average Bonchev–Trinajstić information content (AvgIpc) is 3.08. The zero-order valence-electron chi connectivity index (χ0n) is 16.1. The van der Waals surface area contributed by atoms with Crippen LogP contribution in [0.2, 0.25) is 0 Å². The molecule has 0 saturated carbocycles. The number of anilines is 1. The molecule has 1 amide bonds. The standard InChI is InChI=1S/C19H29N5O2.HI/c1-20-19(22-13-17-14-23(2)10-11-26-17)21-12-15-5-7-16(8-6-15)24-9-3-4-18(24)25;/h5-8,17H,3-4,9-14H2,1-2H3,(H2,20,21,22);1H. The van der Waals surface area contributed by atoms with E-state index in [2.05, 4.69) is 39.7 Å². The number of nitrogens with zero attached hydrogens (tertiary/aromatic N) is 3. The molecule has 27 heavy (non-hydrogen) atoms. The number of amides is 1. The predicted octanol–water partition coefficient (Wildman–Crippen LogP) is 1.43. The lowest BCUT2D eigenvalue weighted by Crippen LogP contribution is -2.48. The second-order valence-electron chi connectivity index (χ2n) is 6.88. The summed E-state index contributed by atoms with van der Waals surface area (Å²) in [5.41, 5.74) is 2.13. The van der Waals surface area contributed by atoms with Crippen LogP contribution in [0.5, 0.6) is 0 Å². The van der Waals surface area contributed by atoms with Gasteiger partial charge in [0.2, 0.25) is 5.91 Å². The van der Waals surface area contributed by atoms with Crippen molar-refractivity contribution < 1.29 is 9.53 Å². The molecule has 7 nitrogen and oxygen atoms in total. The van der Waals surface area contributed by atoms with Crippen LogP contribution in [0.3, 0.4) is 0 Å². The van der Waals surface area contributed by atoms with Gasteiger partial charge in [-0.2, -0.15) is 0 Å². The molecular formula is C19H30IN5O2. The van der Waals surface area contributed by atoms with Crippen molar-refractivity contribution in [3.63, 3.8) is 0 Å². The quantitative estimate of drug-likeness (QED) is 0.374. The normalized spacial score (nSPS) is 21.1. The highest BCUT2D eigenvalue weighted by Gasteiger charge is 2.21. The molecule has 3 rings (SSSR count). The minimum Gasteiger partial charge on any atom is -0.374 e.